The Hall–Kier alpha value is -2.56. The highest BCUT2D eigenvalue weighted by Crippen LogP contribution is 2.15. The van der Waals surface area contributed by atoms with E-state index in [1.54, 1.807) is 18.2 Å². The number of carbonyl (C=O) groups is 1. The highest BCUT2D eigenvalue weighted by Gasteiger charge is 2.06. The second-order valence-electron chi connectivity index (χ2n) is 4.15. The summed E-state index contributed by atoms with van der Waals surface area (Å²) in [6.45, 7) is -2.90. The van der Waals surface area contributed by atoms with Gasteiger partial charge < -0.3 is 4.74 Å². The van der Waals surface area contributed by atoms with Crippen molar-refractivity contribution in [1.82, 2.24) is 0 Å². The molecule has 0 saturated heterocycles. The maximum absolute atomic E-state index is 12.7. The molecule has 0 saturated carbocycles. The van der Waals surface area contributed by atoms with Crippen molar-refractivity contribution >= 4 is 11.9 Å². The van der Waals surface area contributed by atoms with E-state index in [9.17, 15) is 18.0 Å². The van der Waals surface area contributed by atoms with E-state index in [4.69, 9.17) is 0 Å². The van der Waals surface area contributed by atoms with Crippen molar-refractivity contribution in [2.75, 3.05) is 0 Å². The molecule has 0 aliphatic heterocycles. The Labute approximate surface area is 119 Å². The second-order valence-corrected chi connectivity index (χ2v) is 4.15. The Morgan fingerprint density at radius 1 is 1.00 bits per heavy atom. The lowest BCUT2D eigenvalue weighted by molar-refractivity contribution is -0.0498. The summed E-state index contributed by atoms with van der Waals surface area (Å²) in [5.41, 5.74) is 1.03. The van der Waals surface area contributed by atoms with Gasteiger partial charge in [-0.2, -0.15) is 8.78 Å². The van der Waals surface area contributed by atoms with Crippen molar-refractivity contribution in [3.05, 3.63) is 71.6 Å². The van der Waals surface area contributed by atoms with Crippen LogP contribution in [0.4, 0.5) is 13.2 Å². The first kappa shape index (κ1) is 14.8. The van der Waals surface area contributed by atoms with Crippen LogP contribution in [0.2, 0.25) is 0 Å². The van der Waals surface area contributed by atoms with Crippen LogP contribution >= 0.6 is 0 Å². The van der Waals surface area contributed by atoms with Crippen LogP contribution in [0, 0.1) is 5.82 Å². The van der Waals surface area contributed by atoms with Crippen LogP contribution in [0.25, 0.3) is 6.08 Å². The third-order valence-electron chi connectivity index (χ3n) is 2.66. The highest BCUT2D eigenvalue weighted by molar-refractivity contribution is 6.06. The molecule has 2 aromatic carbocycles. The van der Waals surface area contributed by atoms with Gasteiger partial charge in [0.1, 0.15) is 11.6 Å². The monoisotopic (exact) mass is 292 g/mol. The van der Waals surface area contributed by atoms with E-state index < -0.39 is 6.61 Å². The average Bonchev–Trinajstić information content (AvgIpc) is 2.46. The third-order valence-corrected chi connectivity index (χ3v) is 2.66. The van der Waals surface area contributed by atoms with E-state index in [2.05, 4.69) is 4.74 Å². The molecule has 0 aromatic heterocycles. The predicted octanol–water partition coefficient (Wildman–Crippen LogP) is 4.32. The van der Waals surface area contributed by atoms with Crippen LogP contribution in [0.15, 0.2) is 54.6 Å². The van der Waals surface area contributed by atoms with Gasteiger partial charge in [0.15, 0.2) is 5.78 Å². The summed E-state index contributed by atoms with van der Waals surface area (Å²) in [5.74, 6) is -0.653. The molecule has 0 spiro atoms. The number of rotatable bonds is 5. The fourth-order valence-corrected chi connectivity index (χ4v) is 1.64. The molecule has 0 fully saturated rings. The lowest BCUT2D eigenvalue weighted by Gasteiger charge is -2.04. The number of hydrogen-bond acceptors (Lipinski definition) is 2. The van der Waals surface area contributed by atoms with Crippen LogP contribution in [-0.2, 0) is 0 Å². The Bertz CT molecular complexity index is 632. The van der Waals surface area contributed by atoms with Gasteiger partial charge in [0.25, 0.3) is 0 Å². The smallest absolute Gasteiger partial charge is 0.387 e. The van der Waals surface area contributed by atoms with Gasteiger partial charge in [-0.1, -0.05) is 18.2 Å². The van der Waals surface area contributed by atoms with Crippen LogP contribution in [0.3, 0.4) is 0 Å². The minimum Gasteiger partial charge on any atom is -0.435 e. The number of ether oxygens (including phenoxy) is 1. The van der Waals surface area contributed by atoms with Gasteiger partial charge in [0.2, 0.25) is 0 Å². The lowest BCUT2D eigenvalue weighted by atomic mass is 10.1. The molecule has 2 aromatic rings. The first-order valence-corrected chi connectivity index (χ1v) is 6.07. The van der Waals surface area contributed by atoms with Crippen molar-refractivity contribution in [3.8, 4) is 5.75 Å². The van der Waals surface area contributed by atoms with E-state index >= 15 is 0 Å². The Morgan fingerprint density at radius 3 is 2.19 bits per heavy atom. The summed E-state index contributed by atoms with van der Waals surface area (Å²) in [6, 6.07) is 11.1. The topological polar surface area (TPSA) is 26.3 Å². The molecule has 0 aliphatic rings. The van der Waals surface area contributed by atoms with Gasteiger partial charge in [0, 0.05) is 5.56 Å². The van der Waals surface area contributed by atoms with Crippen molar-refractivity contribution < 1.29 is 22.7 Å². The van der Waals surface area contributed by atoms with E-state index in [0.717, 1.165) is 0 Å². The van der Waals surface area contributed by atoms with Gasteiger partial charge in [-0.3, -0.25) is 4.79 Å². The molecule has 2 nitrogen and oxygen atoms in total. The number of benzene rings is 2. The quantitative estimate of drug-likeness (QED) is 0.606. The zero-order valence-corrected chi connectivity index (χ0v) is 10.8. The largest absolute Gasteiger partial charge is 0.435 e. The summed E-state index contributed by atoms with van der Waals surface area (Å²) < 4.78 is 40.9. The van der Waals surface area contributed by atoms with E-state index in [1.807, 2.05) is 0 Å². The van der Waals surface area contributed by atoms with Crippen molar-refractivity contribution in [2.45, 2.75) is 6.61 Å². The van der Waals surface area contributed by atoms with Crippen molar-refractivity contribution in [1.29, 1.82) is 0 Å². The Morgan fingerprint density at radius 2 is 1.62 bits per heavy atom. The van der Waals surface area contributed by atoms with Crippen LogP contribution in [0.5, 0.6) is 5.75 Å². The zero-order chi connectivity index (χ0) is 15.2. The number of hydrogen-bond donors (Lipinski definition) is 0. The molecule has 0 amide bonds. The van der Waals surface area contributed by atoms with Gasteiger partial charge in [-0.05, 0) is 48.0 Å². The van der Waals surface area contributed by atoms with E-state index in [1.165, 1.54) is 42.5 Å². The number of alkyl halides is 2. The Balaban J connectivity index is 2.04. The van der Waals surface area contributed by atoms with Crippen molar-refractivity contribution in [3.63, 3.8) is 0 Å². The average molecular weight is 292 g/mol. The van der Waals surface area contributed by atoms with Crippen LogP contribution in [0.1, 0.15) is 15.9 Å². The normalized spacial score (nSPS) is 11.0. The molecule has 5 heteroatoms. The predicted molar refractivity (Wildman–Crippen MR) is 72.8 cm³/mol. The summed E-state index contributed by atoms with van der Waals surface area (Å²) >= 11 is 0. The molecule has 2 rings (SSSR count). The second kappa shape index (κ2) is 6.74. The van der Waals surface area contributed by atoms with Crippen molar-refractivity contribution in [2.24, 2.45) is 0 Å². The molecule has 0 heterocycles. The molecule has 0 radical (unpaired) electrons. The number of carbonyl (C=O) groups excluding carboxylic acids is 1. The molecule has 108 valence electrons. The molecule has 0 N–H and O–H groups in total. The molecule has 0 unspecified atom stereocenters. The SMILES string of the molecule is O=C(/C=C/c1ccc(F)cc1)c1ccc(OC(F)F)cc1. The Kier molecular flexibility index (Phi) is 4.77. The fourth-order valence-electron chi connectivity index (χ4n) is 1.64. The molecule has 0 atom stereocenters. The first-order chi connectivity index (χ1) is 10.0. The first-order valence-electron chi connectivity index (χ1n) is 6.07. The number of ketones is 1. The third kappa shape index (κ3) is 4.49. The summed E-state index contributed by atoms with van der Waals surface area (Å²) in [5, 5.41) is 0. The number of allylic oxidation sites excluding steroid dienone is 1. The molecular weight excluding hydrogens is 281 g/mol. The van der Waals surface area contributed by atoms with E-state index in [-0.39, 0.29) is 17.3 Å². The maximum Gasteiger partial charge on any atom is 0.387 e. The minimum atomic E-state index is -2.90. The molecular formula is C16H11F3O2. The maximum atomic E-state index is 12.7. The lowest BCUT2D eigenvalue weighted by Crippen LogP contribution is -2.02. The molecule has 0 aliphatic carbocycles. The molecule has 0 bridgehead atoms. The van der Waals surface area contributed by atoms with Gasteiger partial charge in [-0.15, -0.1) is 0 Å². The fraction of sp³-hybridized carbons (Fsp3) is 0.0625. The zero-order valence-electron chi connectivity index (χ0n) is 10.8. The minimum absolute atomic E-state index is 0.0101. The number of halogens is 3. The van der Waals surface area contributed by atoms with Gasteiger partial charge in [0.05, 0.1) is 0 Å². The van der Waals surface area contributed by atoms with Gasteiger partial charge in [-0.25, -0.2) is 4.39 Å². The summed E-state index contributed by atoms with van der Waals surface area (Å²) in [7, 11) is 0. The summed E-state index contributed by atoms with van der Waals surface area (Å²) in [6.07, 6.45) is 2.88. The van der Waals surface area contributed by atoms with Gasteiger partial charge >= 0.3 is 6.61 Å². The summed E-state index contributed by atoms with van der Waals surface area (Å²) in [4.78, 5) is 11.9. The highest BCUT2D eigenvalue weighted by atomic mass is 19.3. The standard InChI is InChI=1S/C16H11F3O2/c17-13-6-1-11(2-7-13)3-10-15(20)12-4-8-14(9-5-12)21-16(18)19/h1-10,16H/b10-3+. The van der Waals surface area contributed by atoms with Crippen LogP contribution < -0.4 is 4.74 Å². The molecule has 21 heavy (non-hydrogen) atoms. The van der Waals surface area contributed by atoms with Crippen LogP contribution in [-0.4, -0.2) is 12.4 Å². The van der Waals surface area contributed by atoms with E-state index in [0.29, 0.717) is 11.1 Å².